The average Bonchev–Trinajstić information content (AvgIpc) is 3.11. The predicted molar refractivity (Wildman–Crippen MR) is 122 cm³/mol. The average molecular weight is 529 g/mol. The van der Waals surface area contributed by atoms with Crippen LogP contribution in [0.2, 0.25) is 10.0 Å². The number of rotatable bonds is 9. The number of aromatic nitrogens is 4. The Morgan fingerprint density at radius 1 is 1.30 bits per heavy atom. The second-order valence-electron chi connectivity index (χ2n) is 5.86. The van der Waals surface area contributed by atoms with Gasteiger partial charge in [0.25, 0.3) is 0 Å². The molecule has 0 aliphatic heterocycles. The zero-order chi connectivity index (χ0) is 21.5. The molecule has 0 aliphatic carbocycles. The van der Waals surface area contributed by atoms with Crippen LogP contribution in [0.4, 0.5) is 5.82 Å². The number of benzene rings is 1. The van der Waals surface area contributed by atoms with Gasteiger partial charge in [0, 0.05) is 28.3 Å². The number of hydrogen-bond donors (Lipinski definition) is 1. The van der Waals surface area contributed by atoms with Crippen molar-refractivity contribution in [3.8, 4) is 5.75 Å². The van der Waals surface area contributed by atoms with E-state index in [1.165, 1.54) is 11.8 Å². The van der Waals surface area contributed by atoms with Crippen LogP contribution >= 0.6 is 50.9 Å². The van der Waals surface area contributed by atoms with E-state index < -0.39 is 0 Å². The summed E-state index contributed by atoms with van der Waals surface area (Å²) < 4.78 is 8.40. The van der Waals surface area contributed by atoms with E-state index in [-0.39, 0.29) is 18.3 Å². The molecule has 30 heavy (non-hydrogen) atoms. The quantitative estimate of drug-likeness (QED) is 0.302. The van der Waals surface area contributed by atoms with Crippen molar-refractivity contribution in [2.24, 2.45) is 0 Å². The minimum Gasteiger partial charge on any atom is -0.484 e. The molecule has 0 bridgehead atoms. The fourth-order valence-electron chi connectivity index (χ4n) is 2.33. The van der Waals surface area contributed by atoms with Gasteiger partial charge in [0.15, 0.2) is 11.0 Å². The number of carbonyl (C=O) groups is 1. The van der Waals surface area contributed by atoms with Gasteiger partial charge in [-0.3, -0.25) is 9.36 Å². The van der Waals surface area contributed by atoms with Gasteiger partial charge in [-0.15, -0.1) is 16.8 Å². The molecule has 0 saturated carbocycles. The van der Waals surface area contributed by atoms with Crippen LogP contribution in [-0.2, 0) is 17.9 Å². The number of amides is 1. The van der Waals surface area contributed by atoms with Gasteiger partial charge in [-0.2, -0.15) is 0 Å². The number of halogens is 3. The Morgan fingerprint density at radius 2 is 2.13 bits per heavy atom. The Hall–Kier alpha value is -2.07. The molecule has 0 aliphatic rings. The lowest BCUT2D eigenvalue weighted by Crippen LogP contribution is -2.15. The molecule has 11 heteroatoms. The third kappa shape index (κ3) is 6.21. The fourth-order valence-corrected chi connectivity index (χ4v) is 3.67. The topological polar surface area (TPSA) is 81.9 Å². The maximum absolute atomic E-state index is 12.2. The first-order valence-electron chi connectivity index (χ1n) is 8.61. The molecule has 1 N–H and O–H groups in total. The Morgan fingerprint density at radius 3 is 2.87 bits per heavy atom. The molecular formula is C19H16BrCl2N5O2S. The molecule has 0 saturated heterocycles. The maximum Gasteiger partial charge on any atom is 0.236 e. The normalized spacial score (nSPS) is 10.6. The van der Waals surface area contributed by atoms with E-state index in [4.69, 9.17) is 27.9 Å². The van der Waals surface area contributed by atoms with Crippen LogP contribution in [0.1, 0.15) is 5.82 Å². The SMILES string of the molecule is C=CCn1c(COc2cc(Cl)ccc2Cl)nnc1SCC(=O)Nc1ccc(Br)cn1. The van der Waals surface area contributed by atoms with Crippen LogP contribution in [0, 0.1) is 0 Å². The van der Waals surface area contributed by atoms with E-state index in [0.29, 0.717) is 39.1 Å². The van der Waals surface area contributed by atoms with Gasteiger partial charge in [0.2, 0.25) is 5.91 Å². The monoisotopic (exact) mass is 527 g/mol. The third-order valence-electron chi connectivity index (χ3n) is 3.68. The van der Waals surface area contributed by atoms with Crippen molar-refractivity contribution in [1.29, 1.82) is 0 Å². The van der Waals surface area contributed by atoms with Gasteiger partial charge in [0.1, 0.15) is 18.2 Å². The number of carbonyl (C=O) groups excluding carboxylic acids is 1. The summed E-state index contributed by atoms with van der Waals surface area (Å²) in [5, 5.41) is 12.6. The van der Waals surface area contributed by atoms with E-state index in [1.54, 1.807) is 42.6 Å². The first-order chi connectivity index (χ1) is 14.5. The van der Waals surface area contributed by atoms with E-state index in [2.05, 4.69) is 43.0 Å². The maximum atomic E-state index is 12.2. The van der Waals surface area contributed by atoms with Gasteiger partial charge < -0.3 is 10.1 Å². The summed E-state index contributed by atoms with van der Waals surface area (Å²) in [5.74, 6) is 1.44. The Kier molecular flexibility index (Phi) is 8.15. The molecule has 2 heterocycles. The van der Waals surface area contributed by atoms with Crippen molar-refractivity contribution in [3.63, 3.8) is 0 Å². The molecule has 0 fully saturated rings. The van der Waals surface area contributed by atoms with E-state index in [0.717, 1.165) is 4.47 Å². The smallest absolute Gasteiger partial charge is 0.236 e. The number of thioether (sulfide) groups is 1. The summed E-state index contributed by atoms with van der Waals surface area (Å²) >= 11 is 16.7. The molecule has 1 amide bonds. The number of pyridine rings is 1. The van der Waals surface area contributed by atoms with Crippen LogP contribution in [0.25, 0.3) is 0 Å². The molecule has 7 nitrogen and oxygen atoms in total. The van der Waals surface area contributed by atoms with E-state index >= 15 is 0 Å². The summed E-state index contributed by atoms with van der Waals surface area (Å²) in [5.41, 5.74) is 0. The van der Waals surface area contributed by atoms with Crippen molar-refractivity contribution in [2.75, 3.05) is 11.1 Å². The lowest BCUT2D eigenvalue weighted by atomic mass is 10.3. The molecule has 156 valence electrons. The van der Waals surface area contributed by atoms with Crippen molar-refractivity contribution >= 4 is 62.6 Å². The van der Waals surface area contributed by atoms with Crippen molar-refractivity contribution in [1.82, 2.24) is 19.7 Å². The van der Waals surface area contributed by atoms with E-state index in [9.17, 15) is 4.79 Å². The van der Waals surface area contributed by atoms with E-state index in [1.807, 2.05) is 4.57 Å². The summed E-state index contributed by atoms with van der Waals surface area (Å²) in [6.07, 6.45) is 3.33. The van der Waals surface area contributed by atoms with Crippen LogP contribution < -0.4 is 10.1 Å². The molecular weight excluding hydrogens is 513 g/mol. The van der Waals surface area contributed by atoms with Crippen LogP contribution in [-0.4, -0.2) is 31.4 Å². The zero-order valence-electron chi connectivity index (χ0n) is 15.5. The number of nitrogens with one attached hydrogen (secondary N) is 1. The molecule has 1 aromatic carbocycles. The van der Waals surface area contributed by atoms with Crippen molar-refractivity contribution in [2.45, 2.75) is 18.3 Å². The molecule has 0 spiro atoms. The largest absolute Gasteiger partial charge is 0.484 e. The molecule has 0 atom stereocenters. The van der Waals surface area contributed by atoms with Crippen molar-refractivity contribution < 1.29 is 9.53 Å². The first kappa shape index (κ1) is 22.6. The summed E-state index contributed by atoms with van der Waals surface area (Å²) in [4.78, 5) is 16.3. The van der Waals surface area contributed by atoms with Crippen molar-refractivity contribution in [3.05, 3.63) is 69.5 Å². The Bertz CT molecular complexity index is 1050. The van der Waals surface area contributed by atoms with Gasteiger partial charge in [-0.1, -0.05) is 41.0 Å². The molecule has 0 radical (unpaired) electrons. The third-order valence-corrected chi connectivity index (χ3v) is 5.67. The highest BCUT2D eigenvalue weighted by atomic mass is 79.9. The summed E-state index contributed by atoms with van der Waals surface area (Å²) in [7, 11) is 0. The highest BCUT2D eigenvalue weighted by Crippen LogP contribution is 2.28. The number of anilines is 1. The number of hydrogen-bond acceptors (Lipinski definition) is 6. The number of nitrogens with zero attached hydrogens (tertiary/aromatic N) is 4. The molecule has 2 aromatic heterocycles. The second kappa shape index (κ2) is 10.8. The van der Waals surface area contributed by atoms with Gasteiger partial charge in [-0.25, -0.2) is 4.98 Å². The standard InChI is InChI=1S/C19H16BrCl2N5O2S/c1-2-7-27-17(10-29-15-8-13(21)4-5-14(15)22)25-26-19(27)30-11-18(28)24-16-6-3-12(20)9-23-16/h2-6,8-9H,1,7,10-11H2,(H,23,24,28). The summed E-state index contributed by atoms with van der Waals surface area (Å²) in [6.45, 7) is 4.36. The van der Waals surface area contributed by atoms with Gasteiger partial charge in [0.05, 0.1) is 10.8 Å². The van der Waals surface area contributed by atoms with Gasteiger partial charge >= 0.3 is 0 Å². The second-order valence-corrected chi connectivity index (χ2v) is 8.56. The highest BCUT2D eigenvalue weighted by Gasteiger charge is 2.15. The molecule has 0 unspecified atom stereocenters. The van der Waals surface area contributed by atoms with Crippen LogP contribution in [0.3, 0.4) is 0 Å². The van der Waals surface area contributed by atoms with Gasteiger partial charge in [-0.05, 0) is 40.2 Å². The predicted octanol–water partition coefficient (Wildman–Crippen LogP) is 5.24. The first-order valence-corrected chi connectivity index (χ1v) is 11.1. The minimum absolute atomic E-state index is 0.135. The molecule has 3 rings (SSSR count). The minimum atomic E-state index is -0.202. The van der Waals surface area contributed by atoms with Crippen LogP contribution in [0.5, 0.6) is 5.75 Å². The fraction of sp³-hybridized carbons (Fsp3) is 0.158. The lowest BCUT2D eigenvalue weighted by Gasteiger charge is -2.10. The lowest BCUT2D eigenvalue weighted by molar-refractivity contribution is -0.113. The van der Waals surface area contributed by atoms with Crippen LogP contribution in [0.15, 0.2) is 58.8 Å². The highest BCUT2D eigenvalue weighted by molar-refractivity contribution is 9.10. The Labute approximate surface area is 196 Å². The Balaban J connectivity index is 1.63. The summed E-state index contributed by atoms with van der Waals surface area (Å²) in [6, 6.07) is 8.49. The molecule has 3 aromatic rings. The zero-order valence-corrected chi connectivity index (χ0v) is 19.4. The number of ether oxygens (including phenoxy) is 1. The number of allylic oxidation sites excluding steroid dienone is 1.